The van der Waals surface area contributed by atoms with Gasteiger partial charge in [-0.1, -0.05) is 29.9 Å². The van der Waals surface area contributed by atoms with E-state index in [0.717, 1.165) is 0 Å². The van der Waals surface area contributed by atoms with E-state index in [9.17, 15) is 14.7 Å². The number of carbonyl (C=O) groups is 2. The largest absolute Gasteiger partial charge is 0.507 e. The highest BCUT2D eigenvalue weighted by atomic mass is 16.5. The van der Waals surface area contributed by atoms with Crippen LogP contribution in [-0.4, -0.2) is 42.8 Å². The van der Waals surface area contributed by atoms with Crippen LogP contribution in [0.25, 0.3) is 5.76 Å². The molecule has 3 aromatic rings. The number of rotatable bonds is 8. The molecular formula is C26H24N2O7. The molecule has 0 aliphatic carbocycles. The second-order valence-corrected chi connectivity index (χ2v) is 7.70. The number of ketones is 1. The van der Waals surface area contributed by atoms with E-state index in [-0.39, 0.29) is 22.7 Å². The Bertz CT molecular complexity index is 1310. The van der Waals surface area contributed by atoms with Crippen LogP contribution in [-0.2, 0) is 9.59 Å². The minimum atomic E-state index is -0.957. The minimum absolute atomic E-state index is 0.0948. The van der Waals surface area contributed by atoms with Gasteiger partial charge in [-0.25, -0.2) is 0 Å². The third kappa shape index (κ3) is 4.35. The molecule has 1 aliphatic rings. The average molecular weight is 476 g/mol. The fourth-order valence-corrected chi connectivity index (χ4v) is 3.89. The summed E-state index contributed by atoms with van der Waals surface area (Å²) in [5.41, 5.74) is 0.758. The molecule has 1 fully saturated rings. The highest BCUT2D eigenvalue weighted by Gasteiger charge is 2.48. The van der Waals surface area contributed by atoms with E-state index < -0.39 is 17.7 Å². The van der Waals surface area contributed by atoms with Crippen molar-refractivity contribution in [3.8, 4) is 17.2 Å². The maximum Gasteiger partial charge on any atom is 0.301 e. The topological polar surface area (TPSA) is 111 Å². The normalized spacial score (nSPS) is 16.9. The number of ether oxygens (including phenoxy) is 3. The number of aliphatic hydroxyl groups is 1. The number of methoxy groups -OCH3 is 2. The molecule has 1 aliphatic heterocycles. The van der Waals surface area contributed by atoms with E-state index in [1.165, 1.54) is 25.2 Å². The number of hydrogen-bond donors (Lipinski definition) is 1. The minimum Gasteiger partial charge on any atom is -0.507 e. The van der Waals surface area contributed by atoms with Crippen molar-refractivity contribution < 1.29 is 33.4 Å². The fraction of sp³-hybridized carbons (Fsp3) is 0.192. The lowest BCUT2D eigenvalue weighted by Gasteiger charge is -2.23. The van der Waals surface area contributed by atoms with Crippen molar-refractivity contribution >= 4 is 23.3 Å². The van der Waals surface area contributed by atoms with Crippen LogP contribution >= 0.6 is 0 Å². The Hall–Kier alpha value is -4.53. The number of Topliss-reactive ketones (excluding diaryl/α,β-unsaturated/α-hetero) is 1. The van der Waals surface area contributed by atoms with Gasteiger partial charge in [0.25, 0.3) is 5.78 Å². The summed E-state index contributed by atoms with van der Waals surface area (Å²) in [5.74, 6) is -0.0203. The van der Waals surface area contributed by atoms with Crippen LogP contribution in [0.3, 0.4) is 0 Å². The number of anilines is 1. The van der Waals surface area contributed by atoms with Gasteiger partial charge in [-0.05, 0) is 42.8 Å². The molecular weight excluding hydrogens is 452 g/mol. The van der Waals surface area contributed by atoms with E-state index in [2.05, 4.69) is 11.7 Å². The molecule has 2 heterocycles. The Morgan fingerprint density at radius 3 is 2.43 bits per heavy atom. The Morgan fingerprint density at radius 1 is 1.11 bits per heavy atom. The molecule has 35 heavy (non-hydrogen) atoms. The lowest BCUT2D eigenvalue weighted by molar-refractivity contribution is -0.132. The van der Waals surface area contributed by atoms with Crippen molar-refractivity contribution in [2.24, 2.45) is 0 Å². The highest BCUT2D eigenvalue weighted by Crippen LogP contribution is 2.43. The van der Waals surface area contributed by atoms with Gasteiger partial charge in [0.1, 0.15) is 23.9 Å². The van der Waals surface area contributed by atoms with Crippen LogP contribution in [0.5, 0.6) is 17.2 Å². The number of carbonyl (C=O) groups excluding carboxylic acids is 2. The zero-order valence-electron chi connectivity index (χ0n) is 19.5. The molecule has 1 unspecified atom stereocenters. The first-order valence-electron chi connectivity index (χ1n) is 10.7. The monoisotopic (exact) mass is 476 g/mol. The summed E-state index contributed by atoms with van der Waals surface area (Å²) in [4.78, 5) is 27.6. The smallest absolute Gasteiger partial charge is 0.301 e. The van der Waals surface area contributed by atoms with Crippen LogP contribution in [0, 0.1) is 6.92 Å². The number of aromatic nitrogens is 1. The summed E-state index contributed by atoms with van der Waals surface area (Å²) < 4.78 is 21.3. The lowest BCUT2D eigenvalue weighted by atomic mass is 9.95. The number of benzene rings is 2. The zero-order valence-corrected chi connectivity index (χ0v) is 19.5. The number of aliphatic hydroxyl groups excluding tert-OH is 1. The van der Waals surface area contributed by atoms with Gasteiger partial charge < -0.3 is 23.8 Å². The van der Waals surface area contributed by atoms with Gasteiger partial charge in [-0.15, -0.1) is 0 Å². The zero-order chi connectivity index (χ0) is 25.1. The third-order valence-electron chi connectivity index (χ3n) is 5.53. The number of aryl methyl sites for hydroxylation is 1. The van der Waals surface area contributed by atoms with Crippen LogP contribution in [0.4, 0.5) is 5.82 Å². The predicted octanol–water partition coefficient (Wildman–Crippen LogP) is 4.19. The Labute approximate surface area is 201 Å². The van der Waals surface area contributed by atoms with Gasteiger partial charge in [0.15, 0.2) is 17.3 Å². The standard InChI is InChI=1S/C26H24N2O7/c1-5-12-34-18-9-6-16(7-10-18)23-22(24(29)17-8-11-19(32-3)20(14-17)33-4)25(30)26(31)28(23)21-13-15(2)35-27-21/h5-11,13-14,23,29H,1,12H2,2-4H3/b24-22+. The van der Waals surface area contributed by atoms with Gasteiger partial charge >= 0.3 is 5.91 Å². The Balaban J connectivity index is 1.87. The summed E-state index contributed by atoms with van der Waals surface area (Å²) in [6.45, 7) is 5.63. The SMILES string of the molecule is C=CCOc1ccc(C2/C(=C(\O)c3ccc(OC)c(OC)c3)C(=O)C(=O)N2c2cc(C)on2)cc1. The van der Waals surface area contributed by atoms with Gasteiger partial charge in [0.2, 0.25) is 0 Å². The van der Waals surface area contributed by atoms with E-state index in [4.69, 9.17) is 18.7 Å². The molecule has 1 amide bonds. The molecule has 0 spiro atoms. The van der Waals surface area contributed by atoms with Crippen molar-refractivity contribution in [1.29, 1.82) is 0 Å². The molecule has 1 saturated heterocycles. The molecule has 4 rings (SSSR count). The van der Waals surface area contributed by atoms with Crippen molar-refractivity contribution in [2.75, 3.05) is 25.7 Å². The first-order chi connectivity index (χ1) is 16.9. The average Bonchev–Trinajstić information content (AvgIpc) is 3.42. The van der Waals surface area contributed by atoms with Crippen LogP contribution < -0.4 is 19.1 Å². The number of nitrogens with zero attached hydrogens (tertiary/aromatic N) is 2. The molecule has 9 heteroatoms. The second-order valence-electron chi connectivity index (χ2n) is 7.70. The Kier molecular flexibility index (Phi) is 6.59. The van der Waals surface area contributed by atoms with Crippen molar-refractivity contribution in [1.82, 2.24) is 5.16 Å². The van der Waals surface area contributed by atoms with E-state index >= 15 is 0 Å². The molecule has 0 saturated carbocycles. The van der Waals surface area contributed by atoms with Gasteiger partial charge in [0.05, 0.1) is 25.8 Å². The van der Waals surface area contributed by atoms with Gasteiger partial charge in [-0.3, -0.25) is 14.5 Å². The van der Waals surface area contributed by atoms with E-state index in [1.807, 2.05) is 0 Å². The first kappa shape index (κ1) is 23.6. The van der Waals surface area contributed by atoms with Crippen molar-refractivity contribution in [3.63, 3.8) is 0 Å². The van der Waals surface area contributed by atoms with Crippen LogP contribution in [0.15, 0.2) is 71.3 Å². The lowest BCUT2D eigenvalue weighted by Crippen LogP contribution is -2.29. The summed E-state index contributed by atoms with van der Waals surface area (Å²) in [5, 5.41) is 15.2. The maximum atomic E-state index is 13.2. The van der Waals surface area contributed by atoms with E-state index in [1.54, 1.807) is 55.5 Å². The second kappa shape index (κ2) is 9.76. The number of hydrogen-bond acceptors (Lipinski definition) is 8. The van der Waals surface area contributed by atoms with Crippen LogP contribution in [0.1, 0.15) is 22.9 Å². The summed E-state index contributed by atoms with van der Waals surface area (Å²) in [6.07, 6.45) is 1.62. The number of amides is 1. The fourth-order valence-electron chi connectivity index (χ4n) is 3.89. The van der Waals surface area contributed by atoms with Crippen molar-refractivity contribution in [2.45, 2.75) is 13.0 Å². The molecule has 2 aromatic carbocycles. The molecule has 1 aromatic heterocycles. The summed E-state index contributed by atoms with van der Waals surface area (Å²) >= 11 is 0. The third-order valence-corrected chi connectivity index (χ3v) is 5.53. The molecule has 0 radical (unpaired) electrons. The van der Waals surface area contributed by atoms with Crippen LogP contribution in [0.2, 0.25) is 0 Å². The molecule has 9 nitrogen and oxygen atoms in total. The van der Waals surface area contributed by atoms with Crippen molar-refractivity contribution in [3.05, 3.63) is 83.6 Å². The van der Waals surface area contributed by atoms with Gasteiger partial charge in [0, 0.05) is 11.6 Å². The molecule has 0 bridgehead atoms. The predicted molar refractivity (Wildman–Crippen MR) is 128 cm³/mol. The first-order valence-corrected chi connectivity index (χ1v) is 10.7. The quantitative estimate of drug-likeness (QED) is 0.223. The molecule has 180 valence electrons. The maximum absolute atomic E-state index is 13.2. The highest BCUT2D eigenvalue weighted by molar-refractivity contribution is 6.51. The van der Waals surface area contributed by atoms with E-state index in [0.29, 0.717) is 35.2 Å². The molecule has 1 N–H and O–H groups in total. The summed E-state index contributed by atoms with van der Waals surface area (Å²) in [7, 11) is 2.95. The molecule has 1 atom stereocenters. The summed E-state index contributed by atoms with van der Waals surface area (Å²) in [6, 6.07) is 12.2. The Morgan fingerprint density at radius 2 is 1.83 bits per heavy atom. The van der Waals surface area contributed by atoms with Gasteiger partial charge in [-0.2, -0.15) is 0 Å².